The predicted octanol–water partition coefficient (Wildman–Crippen LogP) is 5.12. The van der Waals surface area contributed by atoms with Gasteiger partial charge in [0.15, 0.2) is 0 Å². The first-order valence-corrected chi connectivity index (χ1v) is 8.95. The lowest BCUT2D eigenvalue weighted by Crippen LogP contribution is -2.23. The summed E-state index contributed by atoms with van der Waals surface area (Å²) in [5.41, 5.74) is 3.10. The molecule has 0 saturated carbocycles. The molecule has 20 heavy (non-hydrogen) atoms. The van der Waals surface area contributed by atoms with Crippen LogP contribution in [0.5, 0.6) is 0 Å². The largest absolute Gasteiger partial charge is 0.396 e. The summed E-state index contributed by atoms with van der Waals surface area (Å²) in [4.78, 5) is 1.44. The van der Waals surface area contributed by atoms with Gasteiger partial charge in [-0.05, 0) is 41.2 Å². The summed E-state index contributed by atoms with van der Waals surface area (Å²) in [7, 11) is 0. The highest BCUT2D eigenvalue weighted by Crippen LogP contribution is 2.42. The molecule has 0 spiro atoms. The van der Waals surface area contributed by atoms with Crippen molar-refractivity contribution in [3.63, 3.8) is 0 Å². The van der Waals surface area contributed by atoms with Crippen LogP contribution < -0.4 is 0 Å². The Bertz CT molecular complexity index is 439. The summed E-state index contributed by atoms with van der Waals surface area (Å²) in [6.07, 6.45) is 6.08. The quantitative estimate of drug-likeness (QED) is 0.735. The highest BCUT2D eigenvalue weighted by atomic mass is 32.2. The van der Waals surface area contributed by atoms with E-state index in [1.54, 1.807) is 0 Å². The Hall–Kier alpha value is -0.470. The molecule has 112 valence electrons. The third-order valence-electron chi connectivity index (χ3n) is 4.57. The number of hydrogen-bond donors (Lipinski definition) is 1. The first kappa shape index (κ1) is 15.9. The van der Waals surface area contributed by atoms with E-state index in [1.165, 1.54) is 47.5 Å². The molecule has 1 nitrogen and oxygen atoms in total. The number of aliphatic hydroxyl groups is 1. The van der Waals surface area contributed by atoms with Crippen LogP contribution in [0.2, 0.25) is 0 Å². The van der Waals surface area contributed by atoms with Gasteiger partial charge >= 0.3 is 0 Å². The molecule has 0 amide bonds. The maximum atomic E-state index is 9.71. The molecule has 1 aromatic carbocycles. The molecule has 1 N–H and O–H groups in total. The minimum Gasteiger partial charge on any atom is -0.396 e. The fraction of sp³-hybridized carbons (Fsp3) is 0.667. The molecule has 1 unspecified atom stereocenters. The van der Waals surface area contributed by atoms with Crippen LogP contribution in [-0.2, 0) is 5.41 Å². The van der Waals surface area contributed by atoms with Crippen LogP contribution in [0.1, 0.15) is 69.9 Å². The lowest BCUT2D eigenvalue weighted by molar-refractivity contribution is 0.256. The van der Waals surface area contributed by atoms with Crippen molar-refractivity contribution >= 4 is 11.8 Å². The minimum atomic E-state index is 0.274. The second-order valence-electron chi connectivity index (χ2n) is 6.61. The first-order chi connectivity index (χ1) is 9.58. The van der Waals surface area contributed by atoms with E-state index in [2.05, 4.69) is 39.0 Å². The summed E-state index contributed by atoms with van der Waals surface area (Å²) in [5, 5.41) is 9.71. The van der Waals surface area contributed by atoms with Crippen molar-refractivity contribution < 1.29 is 5.11 Å². The molecule has 1 aromatic rings. The van der Waals surface area contributed by atoms with Gasteiger partial charge in [0.05, 0.1) is 0 Å². The zero-order valence-corrected chi connectivity index (χ0v) is 13.9. The number of benzene rings is 1. The molecule has 0 radical (unpaired) electrons. The Labute approximate surface area is 128 Å². The maximum absolute atomic E-state index is 9.71. The van der Waals surface area contributed by atoms with Crippen molar-refractivity contribution in [1.82, 2.24) is 0 Å². The summed E-state index contributed by atoms with van der Waals surface area (Å²) < 4.78 is 0. The molecule has 1 heterocycles. The third kappa shape index (κ3) is 3.59. The van der Waals surface area contributed by atoms with E-state index in [9.17, 15) is 5.11 Å². The highest BCUT2D eigenvalue weighted by Gasteiger charge is 2.28. The molecule has 0 saturated heterocycles. The van der Waals surface area contributed by atoms with E-state index in [1.807, 2.05) is 11.8 Å². The van der Waals surface area contributed by atoms with E-state index >= 15 is 0 Å². The van der Waals surface area contributed by atoms with Crippen molar-refractivity contribution in [2.45, 2.75) is 69.1 Å². The van der Waals surface area contributed by atoms with E-state index in [0.717, 1.165) is 6.42 Å². The monoisotopic (exact) mass is 292 g/mol. The van der Waals surface area contributed by atoms with Gasteiger partial charge in [0, 0.05) is 17.4 Å². The molecule has 0 bridgehead atoms. The Kier molecular flexibility index (Phi) is 5.57. The lowest BCUT2D eigenvalue weighted by atomic mass is 9.80. The Morgan fingerprint density at radius 2 is 2.10 bits per heavy atom. The summed E-state index contributed by atoms with van der Waals surface area (Å²) in [6.45, 7) is 7.20. The smallest absolute Gasteiger partial charge is 0.0499 e. The van der Waals surface area contributed by atoms with Crippen molar-refractivity contribution in [3.8, 4) is 0 Å². The van der Waals surface area contributed by atoms with Gasteiger partial charge in [0.1, 0.15) is 0 Å². The molecule has 0 aromatic heterocycles. The number of hydrogen-bond acceptors (Lipinski definition) is 2. The lowest BCUT2D eigenvalue weighted by Gasteiger charge is -2.33. The summed E-state index contributed by atoms with van der Waals surface area (Å²) >= 11 is 1.98. The average Bonchev–Trinajstić information content (AvgIpc) is 2.43. The predicted molar refractivity (Wildman–Crippen MR) is 88.8 cm³/mol. The standard InChI is InChI=1S/C18H28OS/c1-4-5-6-7-15(13-19)14-8-9-17-16(12-14)18(2,3)10-11-20-17/h8-9,12,15,19H,4-7,10-11,13H2,1-3H3. The summed E-state index contributed by atoms with van der Waals surface area (Å²) in [5.74, 6) is 1.54. The molecule has 0 fully saturated rings. The van der Waals surface area contributed by atoms with Gasteiger partial charge in [-0.3, -0.25) is 0 Å². The van der Waals surface area contributed by atoms with Crippen molar-refractivity contribution in [2.75, 3.05) is 12.4 Å². The van der Waals surface area contributed by atoms with Crippen molar-refractivity contribution in [1.29, 1.82) is 0 Å². The number of thioether (sulfide) groups is 1. The average molecular weight is 292 g/mol. The van der Waals surface area contributed by atoms with Gasteiger partial charge < -0.3 is 5.11 Å². The maximum Gasteiger partial charge on any atom is 0.0499 e. The molecule has 1 atom stereocenters. The van der Waals surface area contributed by atoms with Crippen LogP contribution in [0.4, 0.5) is 0 Å². The van der Waals surface area contributed by atoms with E-state index < -0.39 is 0 Å². The second-order valence-corrected chi connectivity index (χ2v) is 7.75. The zero-order valence-electron chi connectivity index (χ0n) is 13.1. The number of rotatable bonds is 6. The van der Waals surface area contributed by atoms with E-state index in [4.69, 9.17) is 0 Å². The molecule has 1 aliphatic rings. The van der Waals surface area contributed by atoms with Crippen molar-refractivity contribution in [2.24, 2.45) is 0 Å². The first-order valence-electron chi connectivity index (χ1n) is 7.96. The van der Waals surface area contributed by atoms with Gasteiger partial charge in [-0.25, -0.2) is 0 Å². The van der Waals surface area contributed by atoms with Gasteiger partial charge in [-0.2, -0.15) is 0 Å². The molecular formula is C18H28OS. The minimum absolute atomic E-state index is 0.274. The Morgan fingerprint density at radius 3 is 2.80 bits per heavy atom. The van der Waals surface area contributed by atoms with Crippen LogP contribution in [0, 0.1) is 0 Å². The highest BCUT2D eigenvalue weighted by molar-refractivity contribution is 7.99. The zero-order chi connectivity index (χ0) is 14.6. The molecule has 2 rings (SSSR count). The molecule has 1 aliphatic heterocycles. The van der Waals surface area contributed by atoms with Crippen LogP contribution in [0.3, 0.4) is 0 Å². The van der Waals surface area contributed by atoms with Crippen LogP contribution in [0.15, 0.2) is 23.1 Å². The molecular weight excluding hydrogens is 264 g/mol. The fourth-order valence-corrected chi connectivity index (χ4v) is 4.50. The van der Waals surface area contributed by atoms with Crippen LogP contribution in [-0.4, -0.2) is 17.5 Å². The van der Waals surface area contributed by atoms with Crippen LogP contribution in [0.25, 0.3) is 0 Å². The van der Waals surface area contributed by atoms with Crippen molar-refractivity contribution in [3.05, 3.63) is 29.3 Å². The van der Waals surface area contributed by atoms with E-state index in [-0.39, 0.29) is 12.0 Å². The van der Waals surface area contributed by atoms with E-state index in [0.29, 0.717) is 5.92 Å². The Balaban J connectivity index is 2.20. The molecule has 2 heteroatoms. The number of unbranched alkanes of at least 4 members (excludes halogenated alkanes) is 2. The van der Waals surface area contributed by atoms with Gasteiger partial charge in [-0.15, -0.1) is 11.8 Å². The number of fused-ring (bicyclic) bond motifs is 1. The second kappa shape index (κ2) is 7.00. The fourth-order valence-electron chi connectivity index (χ4n) is 3.01. The molecule has 0 aliphatic carbocycles. The van der Waals surface area contributed by atoms with Gasteiger partial charge in [0.25, 0.3) is 0 Å². The van der Waals surface area contributed by atoms with Gasteiger partial charge in [0.2, 0.25) is 0 Å². The third-order valence-corrected chi connectivity index (χ3v) is 5.64. The SMILES string of the molecule is CCCCCC(CO)c1ccc2c(c1)C(C)(C)CCS2. The van der Waals surface area contributed by atoms with Crippen LogP contribution >= 0.6 is 11.8 Å². The normalized spacial score (nSPS) is 18.6. The number of aliphatic hydroxyl groups excluding tert-OH is 1. The topological polar surface area (TPSA) is 20.2 Å². The Morgan fingerprint density at radius 1 is 1.30 bits per heavy atom. The van der Waals surface area contributed by atoms with Gasteiger partial charge in [-0.1, -0.05) is 52.2 Å². The summed E-state index contributed by atoms with van der Waals surface area (Å²) in [6, 6.07) is 6.88.